The first-order valence-corrected chi connectivity index (χ1v) is 45.0. The molecule has 22 heteroatoms. The van der Waals surface area contributed by atoms with Gasteiger partial charge < -0.3 is 32.0 Å². The van der Waals surface area contributed by atoms with E-state index in [1.807, 2.05) is 117 Å². The predicted octanol–water partition coefficient (Wildman–Crippen LogP) is 25.5. The van der Waals surface area contributed by atoms with Gasteiger partial charge in [-0.1, -0.05) is 228 Å². The van der Waals surface area contributed by atoms with Crippen LogP contribution < -0.4 is 0 Å². The third kappa shape index (κ3) is 35.6. The van der Waals surface area contributed by atoms with E-state index in [0.29, 0.717) is 0 Å². The molecular weight excluding hydrogens is 1530 g/mol. The Labute approximate surface area is 735 Å². The quantitative estimate of drug-likeness (QED) is 0.141. The molecule has 0 aliphatic carbocycles. The maximum Gasteiger partial charge on any atom is 0.105 e. The average molecular weight is 1700 g/mol. The van der Waals surface area contributed by atoms with E-state index in [4.69, 9.17) is 0 Å². The first-order chi connectivity index (χ1) is 52.9. The summed E-state index contributed by atoms with van der Waals surface area (Å²) in [7, 11) is 14.3. The number of aromatic nitrogens is 18. The van der Waals surface area contributed by atoms with Crippen LogP contribution in [-0.4, -0.2) is 86.8 Å². The Hall–Kier alpha value is -7.01. The molecule has 118 heavy (non-hydrogen) atoms. The van der Waals surface area contributed by atoms with E-state index in [9.17, 15) is 0 Å². The monoisotopic (exact) mass is 1700 g/mol. The highest BCUT2D eigenvalue weighted by Gasteiger charge is 2.27. The van der Waals surface area contributed by atoms with Crippen LogP contribution in [0.4, 0.5) is 0 Å². The molecule has 0 aliphatic heterocycles. The molecule has 11 rings (SSSR count). The molecule has 0 saturated heterocycles. The van der Waals surface area contributed by atoms with Crippen molar-refractivity contribution in [2.75, 3.05) is 0 Å². The summed E-state index contributed by atoms with van der Waals surface area (Å²) >= 11 is 6.97. The van der Waals surface area contributed by atoms with E-state index >= 15 is 0 Å². The highest BCUT2D eigenvalue weighted by molar-refractivity contribution is 7.11. The van der Waals surface area contributed by atoms with Crippen LogP contribution in [0.25, 0.3) is 0 Å². The summed E-state index contributed by atoms with van der Waals surface area (Å²) in [5.41, 5.74) is 23.2. The van der Waals surface area contributed by atoms with E-state index in [2.05, 4.69) is 391 Å². The SMILES string of the molecule is Cc1c(C(C)(C)C)ncn1C.Cc1nc(C(C)(C)C)c(C)n1C.Cc1nc(C(C)(C)C)cn1C.Cc1nc(C(C)(C)C)cs1.Cc1nc(C)n(C)c1C(C)(C)C.Cc1ncc(C(C)(C)C)n1C.Cc1ncc(C(C)(C)C)s1.Cc1ncn(C)c1C(C)(C)C.Cc1ncsc1C(C)(C)C.Cc1scnc1C(C)(C)C.Cn1cnc(C(C)(C)C)c1. The number of rotatable bonds is 0. The first-order valence-electron chi connectivity index (χ1n) is 41.5. The van der Waals surface area contributed by atoms with Crippen LogP contribution in [0.1, 0.15) is 356 Å². The highest BCUT2D eigenvalue weighted by Crippen LogP contribution is 2.33. The smallest absolute Gasteiger partial charge is 0.105 e. The van der Waals surface area contributed by atoms with Gasteiger partial charge in [0.25, 0.3) is 0 Å². The maximum absolute atomic E-state index is 4.54. The normalized spacial score (nSPS) is 12.1. The van der Waals surface area contributed by atoms with Crippen molar-refractivity contribution in [1.82, 2.24) is 86.8 Å². The lowest BCUT2D eigenvalue weighted by Crippen LogP contribution is -2.17. The largest absolute Gasteiger partial charge is 0.340 e. The minimum Gasteiger partial charge on any atom is -0.340 e. The molecule has 18 nitrogen and oxygen atoms in total. The van der Waals surface area contributed by atoms with Crippen molar-refractivity contribution in [1.29, 1.82) is 0 Å². The molecule has 0 N–H and O–H groups in total. The molecule has 0 bridgehead atoms. The summed E-state index contributed by atoms with van der Waals surface area (Å²) in [5.74, 6) is 4.35. The van der Waals surface area contributed by atoms with Gasteiger partial charge in [0, 0.05) is 171 Å². The lowest BCUT2D eigenvalue weighted by atomic mass is 9.91. The summed E-state index contributed by atoms with van der Waals surface area (Å²) in [6, 6.07) is 0. The summed E-state index contributed by atoms with van der Waals surface area (Å²) in [4.78, 5) is 51.7. The Kier molecular flexibility index (Phi) is 39.9. The summed E-state index contributed by atoms with van der Waals surface area (Å²) in [6.45, 7) is 97.2. The lowest BCUT2D eigenvalue weighted by molar-refractivity contribution is 0.536. The van der Waals surface area contributed by atoms with Crippen LogP contribution in [0.15, 0.2) is 60.2 Å². The van der Waals surface area contributed by atoms with E-state index in [1.165, 1.54) is 71.6 Å². The molecule has 0 unspecified atom stereocenters. The molecule has 0 spiro atoms. The Morgan fingerprint density at radius 3 is 0.966 bits per heavy atom. The van der Waals surface area contributed by atoms with Gasteiger partial charge in [-0.3, -0.25) is 0 Å². The van der Waals surface area contributed by atoms with E-state index in [1.54, 1.807) is 45.3 Å². The number of thiazole rings is 4. The Balaban J connectivity index is 0.000000649. The molecule has 11 aromatic heterocycles. The molecule has 0 radical (unpaired) electrons. The maximum atomic E-state index is 4.54. The third-order valence-corrected chi connectivity index (χ3v) is 23.5. The van der Waals surface area contributed by atoms with Crippen molar-refractivity contribution in [3.63, 3.8) is 0 Å². The van der Waals surface area contributed by atoms with Crippen molar-refractivity contribution >= 4 is 45.3 Å². The van der Waals surface area contributed by atoms with Crippen LogP contribution >= 0.6 is 45.3 Å². The average Bonchev–Trinajstić information content (AvgIpc) is 1.66. The van der Waals surface area contributed by atoms with Gasteiger partial charge in [0.2, 0.25) is 0 Å². The van der Waals surface area contributed by atoms with Gasteiger partial charge in [-0.05, 0) is 93.9 Å². The summed E-state index contributed by atoms with van der Waals surface area (Å²) in [5, 5.41) is 4.45. The molecule has 0 amide bonds. The minimum absolute atomic E-state index is 0.163. The molecule has 0 aromatic carbocycles. The van der Waals surface area contributed by atoms with E-state index in [-0.39, 0.29) is 59.6 Å². The zero-order chi connectivity index (χ0) is 92.5. The highest BCUT2D eigenvalue weighted by atomic mass is 32.1. The fourth-order valence-electron chi connectivity index (χ4n) is 12.5. The van der Waals surface area contributed by atoms with Crippen molar-refractivity contribution < 1.29 is 0 Å². The number of aryl methyl sites for hydroxylation is 14. The Bertz CT molecular complexity index is 4500. The van der Waals surface area contributed by atoms with Crippen LogP contribution in [0.2, 0.25) is 0 Å². The predicted molar refractivity (Wildman–Crippen MR) is 513 cm³/mol. The molecule has 0 fully saturated rings. The van der Waals surface area contributed by atoms with Gasteiger partial charge in [-0.25, -0.2) is 54.8 Å². The van der Waals surface area contributed by atoms with Gasteiger partial charge in [0.15, 0.2) is 0 Å². The van der Waals surface area contributed by atoms with Gasteiger partial charge in [0.1, 0.15) is 23.3 Å². The van der Waals surface area contributed by atoms with Crippen LogP contribution in [0.3, 0.4) is 0 Å². The summed E-state index contributed by atoms with van der Waals surface area (Å²) < 4.78 is 14.6. The lowest BCUT2D eigenvalue weighted by Gasteiger charge is -2.20. The second-order valence-corrected chi connectivity index (χ2v) is 46.8. The van der Waals surface area contributed by atoms with Crippen molar-refractivity contribution in [2.45, 2.75) is 371 Å². The molecule has 11 heterocycles. The van der Waals surface area contributed by atoms with Gasteiger partial charge in [-0.15, -0.1) is 45.3 Å². The van der Waals surface area contributed by atoms with E-state index < -0.39 is 0 Å². The Morgan fingerprint density at radius 2 is 0.780 bits per heavy atom. The molecule has 11 aromatic rings. The van der Waals surface area contributed by atoms with Crippen molar-refractivity contribution in [3.8, 4) is 0 Å². The molecule has 0 aliphatic rings. The van der Waals surface area contributed by atoms with Crippen molar-refractivity contribution in [3.05, 3.63) is 188 Å². The number of nitrogens with zero attached hydrogens (tertiary/aromatic N) is 18. The van der Waals surface area contributed by atoms with Gasteiger partial charge in [-0.2, -0.15) is 0 Å². The fraction of sp³-hybridized carbons (Fsp3) is 0.656. The Morgan fingerprint density at radius 1 is 0.288 bits per heavy atom. The van der Waals surface area contributed by atoms with Crippen LogP contribution in [-0.2, 0) is 109 Å². The number of hydrogen-bond acceptors (Lipinski definition) is 15. The van der Waals surface area contributed by atoms with Gasteiger partial charge in [0.05, 0.1) is 91.3 Å². The number of hydrogen-bond donors (Lipinski definition) is 0. The third-order valence-electron chi connectivity index (χ3n) is 19.3. The zero-order valence-corrected chi connectivity index (χ0v) is 87.7. The second kappa shape index (κ2) is 43.2. The van der Waals surface area contributed by atoms with Crippen LogP contribution in [0, 0.1) is 83.1 Å². The molecule has 0 atom stereocenters. The minimum atomic E-state index is 0.163. The topological polar surface area (TPSA) is 176 Å². The van der Waals surface area contributed by atoms with Crippen LogP contribution in [0.5, 0.6) is 0 Å². The van der Waals surface area contributed by atoms with Gasteiger partial charge >= 0.3 is 0 Å². The first kappa shape index (κ1) is 109. The van der Waals surface area contributed by atoms with Crippen molar-refractivity contribution in [2.24, 2.45) is 49.3 Å². The second-order valence-electron chi connectivity index (χ2n) is 42.6. The fourth-order valence-corrected chi connectivity index (χ4v) is 15.8. The zero-order valence-electron chi connectivity index (χ0n) is 84.5. The standard InChI is InChI=1S/2C10H18N2.4C9H16N2.C8H14N2.4C8H13NS/c1-7-9(10(3,4)5)11-8(2)12(7)6;1-7-9(10(3,4)5)12(6)8(2)11-7;1-7-8(9(2,3)4)10-6-11(7)5;1-7-8(9(2,3)4)11(5)6-10-7;1-7-10-8(6-11(7)5)9(2,3)4;1-7-10-6-8(11(7)5)9(2,3)4;1-8(2,3)7-5-10(4)6-9-7;1-6-7(8(2,3)4)9-5-10-6;1-6-7(8(2,3)4)10-5-9-6;1-6-9-7(5-10-6)8(2,3)4;1-6-9-5-7(10-6)8(2,3)4/h2*1-6H3;4*6H,1-5H3;5-6H,1-4H3;4*5H,1-4H3. The molecule has 664 valence electrons. The summed E-state index contributed by atoms with van der Waals surface area (Å²) in [6.07, 6.45) is 13.6. The molecular formula is C96H166N18S4. The number of imidazole rings is 7. The van der Waals surface area contributed by atoms with E-state index in [0.717, 1.165) is 56.1 Å². The molecule has 0 saturated carbocycles.